The van der Waals surface area contributed by atoms with Gasteiger partial charge < -0.3 is 28.4 Å². The van der Waals surface area contributed by atoms with Crippen molar-refractivity contribution in [2.45, 2.75) is 61.2 Å². The maximum absolute atomic E-state index is 11.9. The van der Waals surface area contributed by atoms with Crippen molar-refractivity contribution in [1.82, 2.24) is 0 Å². The van der Waals surface area contributed by atoms with Crippen LogP contribution in [0.4, 0.5) is 0 Å². The van der Waals surface area contributed by atoms with Crippen molar-refractivity contribution in [3.05, 3.63) is 120 Å². The van der Waals surface area contributed by atoms with Crippen LogP contribution in [-0.4, -0.2) is 53.0 Å². The van der Waals surface area contributed by atoms with Gasteiger partial charge in [0.05, 0.1) is 19.8 Å². The first-order valence-electron chi connectivity index (χ1n) is 14.7. The number of carbonyl (C=O) groups is 1. The van der Waals surface area contributed by atoms with Crippen LogP contribution in [0.5, 0.6) is 0 Å². The first kappa shape index (κ1) is 34.1. The lowest BCUT2D eigenvalue weighted by atomic mass is 9.97. The van der Waals surface area contributed by atoms with Crippen molar-refractivity contribution >= 4 is 57.4 Å². The van der Waals surface area contributed by atoms with Crippen molar-refractivity contribution in [2.24, 2.45) is 0 Å². The summed E-state index contributed by atoms with van der Waals surface area (Å²) in [7, 11) is 0. The summed E-state index contributed by atoms with van der Waals surface area (Å²) in [6.45, 7) is 1.67. The third-order valence-corrected chi connectivity index (χ3v) is 7.88. The Labute approximate surface area is 282 Å². The lowest BCUT2D eigenvalue weighted by Gasteiger charge is -2.45. The van der Waals surface area contributed by atoms with E-state index in [4.69, 9.17) is 68.6 Å². The van der Waals surface area contributed by atoms with Crippen molar-refractivity contribution < 1.29 is 33.2 Å². The van der Waals surface area contributed by atoms with Gasteiger partial charge in [0.15, 0.2) is 0 Å². The van der Waals surface area contributed by atoms with Crippen molar-refractivity contribution in [1.29, 1.82) is 5.41 Å². The Morgan fingerprint density at radius 3 is 1.87 bits per heavy atom. The summed E-state index contributed by atoms with van der Waals surface area (Å²) in [5.74, 6) is -1.17. The monoisotopic (exact) mass is 685 g/mol. The molecule has 0 amide bonds. The van der Waals surface area contributed by atoms with Crippen LogP contribution >= 0.6 is 34.8 Å². The van der Waals surface area contributed by atoms with Gasteiger partial charge in [-0.15, -0.1) is 0 Å². The number of hydrogen-bond donors (Lipinski definition) is 1. The van der Waals surface area contributed by atoms with E-state index in [0.29, 0.717) is 0 Å². The van der Waals surface area contributed by atoms with Crippen LogP contribution in [0, 0.1) is 5.41 Å². The standard InChI is InChI=1S/C35H34Cl3NO7/c1-23(40)41-22-29-30(42-21-26-16-17-27-14-8-9-15-28(27)18-26)31(43-19-24-10-4-2-5-11-24)32(44-20-25-12-6-3-7-13-25)33(45-29)46-34(39)35(36,37)38/h2-18,29-33,39H,19-22H2,1H3/t29-,30+,31-,32-,33?/m0/s1. The Bertz CT molecular complexity index is 1590. The molecule has 1 fully saturated rings. The summed E-state index contributed by atoms with van der Waals surface area (Å²) in [6.07, 6.45) is -4.79. The third kappa shape index (κ3) is 9.42. The average molecular weight is 687 g/mol. The highest BCUT2D eigenvalue weighted by Crippen LogP contribution is 2.35. The van der Waals surface area contributed by atoms with E-state index >= 15 is 0 Å². The lowest BCUT2D eigenvalue weighted by molar-refractivity contribution is -0.312. The number of alkyl halides is 3. The molecule has 11 heteroatoms. The molecular weight excluding hydrogens is 653 g/mol. The molecule has 5 rings (SSSR count). The van der Waals surface area contributed by atoms with Crippen molar-refractivity contribution in [3.63, 3.8) is 0 Å². The molecule has 242 valence electrons. The summed E-state index contributed by atoms with van der Waals surface area (Å²) in [5, 5.41) is 10.5. The summed E-state index contributed by atoms with van der Waals surface area (Å²) in [5.41, 5.74) is 2.71. The van der Waals surface area contributed by atoms with Gasteiger partial charge in [-0.2, -0.15) is 0 Å². The summed E-state index contributed by atoms with van der Waals surface area (Å²) >= 11 is 18.0. The van der Waals surface area contributed by atoms with Crippen LogP contribution in [0.2, 0.25) is 0 Å². The van der Waals surface area contributed by atoms with Crippen molar-refractivity contribution in [3.8, 4) is 0 Å². The van der Waals surface area contributed by atoms with Gasteiger partial charge in [0.2, 0.25) is 12.2 Å². The predicted molar refractivity (Wildman–Crippen MR) is 177 cm³/mol. The van der Waals surface area contributed by atoms with E-state index in [9.17, 15) is 4.79 Å². The maximum atomic E-state index is 11.9. The minimum Gasteiger partial charge on any atom is -0.463 e. The zero-order chi connectivity index (χ0) is 32.5. The minimum atomic E-state index is -2.16. The number of nitrogens with one attached hydrogen (secondary N) is 1. The van der Waals surface area contributed by atoms with Gasteiger partial charge in [-0.05, 0) is 33.5 Å². The second kappa shape index (κ2) is 16.1. The molecule has 4 aromatic carbocycles. The van der Waals surface area contributed by atoms with Gasteiger partial charge in [0, 0.05) is 6.92 Å². The molecule has 0 saturated carbocycles. The first-order chi connectivity index (χ1) is 22.2. The molecule has 0 spiro atoms. The molecule has 1 aliphatic heterocycles. The highest BCUT2D eigenvalue weighted by molar-refractivity contribution is 6.76. The molecule has 5 atom stereocenters. The number of fused-ring (bicyclic) bond motifs is 1. The normalized spacial score (nSPS) is 21.5. The second-order valence-corrected chi connectivity index (χ2v) is 13.1. The van der Waals surface area contributed by atoms with Crippen LogP contribution < -0.4 is 0 Å². The fourth-order valence-corrected chi connectivity index (χ4v) is 5.25. The van der Waals surface area contributed by atoms with E-state index < -0.39 is 46.4 Å². The van der Waals surface area contributed by atoms with Crippen LogP contribution in [-0.2, 0) is 53.0 Å². The number of hydrogen-bond acceptors (Lipinski definition) is 8. The SMILES string of the molecule is CC(=O)OC[C@@H]1OC(OC(=N)C(Cl)(Cl)Cl)[C@@H](OCc2ccccc2)[C@@H](OCc2ccccc2)[C@@H]1OCc1ccc2ccccc2c1. The molecule has 46 heavy (non-hydrogen) atoms. The molecule has 8 nitrogen and oxygen atoms in total. The quantitative estimate of drug-likeness (QED) is 0.0712. The van der Waals surface area contributed by atoms with Crippen LogP contribution in [0.15, 0.2) is 103 Å². The van der Waals surface area contributed by atoms with E-state index in [0.717, 1.165) is 27.5 Å². The maximum Gasteiger partial charge on any atom is 0.302 e. The van der Waals surface area contributed by atoms with E-state index in [1.54, 1.807) is 0 Å². The minimum absolute atomic E-state index is 0.160. The van der Waals surface area contributed by atoms with Gasteiger partial charge in [0.25, 0.3) is 3.79 Å². The van der Waals surface area contributed by atoms with E-state index in [1.165, 1.54) is 6.92 Å². The van der Waals surface area contributed by atoms with Crippen molar-refractivity contribution in [2.75, 3.05) is 6.61 Å². The average Bonchev–Trinajstić information content (AvgIpc) is 3.05. The largest absolute Gasteiger partial charge is 0.463 e. The Morgan fingerprint density at radius 2 is 1.26 bits per heavy atom. The Balaban J connectivity index is 1.49. The Kier molecular flexibility index (Phi) is 11.9. The van der Waals surface area contributed by atoms with Gasteiger partial charge in [-0.1, -0.05) is 132 Å². The number of ether oxygens (including phenoxy) is 6. The highest BCUT2D eigenvalue weighted by atomic mass is 35.6. The lowest BCUT2D eigenvalue weighted by Crippen LogP contribution is -2.62. The molecule has 1 saturated heterocycles. The second-order valence-electron chi connectivity index (χ2n) is 10.8. The molecule has 1 N–H and O–H groups in total. The molecular formula is C35H34Cl3NO7. The topological polar surface area (TPSA) is 96.3 Å². The molecule has 0 aromatic heterocycles. The molecule has 0 aliphatic carbocycles. The zero-order valence-corrected chi connectivity index (χ0v) is 27.3. The summed E-state index contributed by atoms with van der Waals surface area (Å²) in [4.78, 5) is 11.9. The van der Waals surface area contributed by atoms with Crippen LogP contribution in [0.3, 0.4) is 0 Å². The molecule has 0 radical (unpaired) electrons. The van der Waals surface area contributed by atoms with Crippen LogP contribution in [0.1, 0.15) is 23.6 Å². The fraction of sp³-hybridized carbons (Fsp3) is 0.314. The van der Waals surface area contributed by atoms with Crippen LogP contribution in [0.25, 0.3) is 10.8 Å². The van der Waals surface area contributed by atoms with E-state index in [1.807, 2.05) is 97.1 Å². The smallest absolute Gasteiger partial charge is 0.302 e. The van der Waals surface area contributed by atoms with E-state index in [2.05, 4.69) is 6.07 Å². The summed E-state index contributed by atoms with van der Waals surface area (Å²) in [6, 6.07) is 33.3. The molecule has 0 bridgehead atoms. The number of benzene rings is 4. The van der Waals surface area contributed by atoms with Gasteiger partial charge in [-0.3, -0.25) is 10.2 Å². The third-order valence-electron chi connectivity index (χ3n) is 7.36. The Hall–Kier alpha value is -3.21. The van der Waals surface area contributed by atoms with Gasteiger partial charge in [0.1, 0.15) is 31.0 Å². The highest BCUT2D eigenvalue weighted by Gasteiger charge is 2.51. The number of carbonyl (C=O) groups excluding carboxylic acids is 1. The summed E-state index contributed by atoms with van der Waals surface area (Å²) < 4.78 is 34.9. The predicted octanol–water partition coefficient (Wildman–Crippen LogP) is 7.55. The number of rotatable bonds is 12. The number of esters is 1. The fourth-order valence-electron chi connectivity index (χ4n) is 5.11. The van der Waals surface area contributed by atoms with Gasteiger partial charge >= 0.3 is 5.97 Å². The molecule has 4 aromatic rings. The number of halogens is 3. The van der Waals surface area contributed by atoms with E-state index in [-0.39, 0.29) is 26.4 Å². The Morgan fingerprint density at radius 1 is 0.717 bits per heavy atom. The van der Waals surface area contributed by atoms with Gasteiger partial charge in [-0.25, -0.2) is 0 Å². The first-order valence-corrected chi connectivity index (χ1v) is 15.8. The molecule has 1 heterocycles. The molecule has 1 unspecified atom stereocenters. The molecule has 1 aliphatic rings. The zero-order valence-electron chi connectivity index (χ0n) is 25.0.